The molecule has 192 valence electrons. The quantitative estimate of drug-likeness (QED) is 0.592. The van der Waals surface area contributed by atoms with E-state index in [4.69, 9.17) is 14.2 Å². The molecule has 7 nitrogen and oxygen atoms in total. The fourth-order valence-corrected chi connectivity index (χ4v) is 5.82. The van der Waals surface area contributed by atoms with Crippen LogP contribution in [-0.4, -0.2) is 58.8 Å². The first-order valence-electron chi connectivity index (χ1n) is 12.3. The summed E-state index contributed by atoms with van der Waals surface area (Å²) in [5, 5.41) is 2.21. The SMILES string of the molecule is COc1ccc2ccccc2c1[C@H](N[S@@+]([O-])C(C)(C)C)C1CCN(C(=O)[C@H]2COC(C)(C)O2)CC1. The zero-order valence-electron chi connectivity index (χ0n) is 21.6. The molecule has 2 heterocycles. The average Bonchev–Trinajstić information content (AvgIpc) is 3.20. The zero-order valence-corrected chi connectivity index (χ0v) is 22.4. The Bertz CT molecular complexity index is 1050. The lowest BCUT2D eigenvalue weighted by Crippen LogP contribution is -2.48. The highest BCUT2D eigenvalue weighted by molar-refractivity contribution is 7.90. The lowest BCUT2D eigenvalue weighted by molar-refractivity contribution is -0.161. The average molecular weight is 503 g/mol. The lowest BCUT2D eigenvalue weighted by Gasteiger charge is -2.39. The number of hydrogen-bond acceptors (Lipinski definition) is 6. The van der Waals surface area contributed by atoms with Gasteiger partial charge >= 0.3 is 0 Å². The van der Waals surface area contributed by atoms with E-state index in [-0.39, 0.29) is 24.5 Å². The van der Waals surface area contributed by atoms with Crippen molar-refractivity contribution < 1.29 is 23.6 Å². The van der Waals surface area contributed by atoms with Gasteiger partial charge in [0.15, 0.2) is 11.9 Å². The molecule has 4 rings (SSSR count). The molecule has 2 aliphatic rings. The van der Waals surface area contributed by atoms with Crippen LogP contribution in [-0.2, 0) is 25.6 Å². The summed E-state index contributed by atoms with van der Waals surface area (Å²) in [7, 11) is 1.68. The van der Waals surface area contributed by atoms with Gasteiger partial charge in [-0.15, -0.1) is 4.72 Å². The second kappa shape index (κ2) is 10.3. The number of ether oxygens (including phenoxy) is 3. The third-order valence-corrected chi connectivity index (χ3v) is 8.44. The van der Waals surface area contributed by atoms with Crippen molar-refractivity contribution in [3.63, 3.8) is 0 Å². The molecule has 0 radical (unpaired) electrons. The molecule has 35 heavy (non-hydrogen) atoms. The van der Waals surface area contributed by atoms with Crippen molar-refractivity contribution in [2.45, 2.75) is 70.1 Å². The predicted molar refractivity (Wildman–Crippen MR) is 138 cm³/mol. The molecule has 3 atom stereocenters. The lowest BCUT2D eigenvalue weighted by atomic mass is 9.83. The number of nitrogens with zero attached hydrogens (tertiary/aromatic N) is 1. The van der Waals surface area contributed by atoms with E-state index in [9.17, 15) is 9.35 Å². The van der Waals surface area contributed by atoms with Crippen LogP contribution < -0.4 is 9.46 Å². The highest BCUT2D eigenvalue weighted by atomic mass is 32.2. The number of carbonyl (C=O) groups excluding carboxylic acids is 1. The van der Waals surface area contributed by atoms with Crippen LogP contribution in [0.3, 0.4) is 0 Å². The van der Waals surface area contributed by atoms with Gasteiger partial charge in [-0.3, -0.25) is 4.79 Å². The van der Waals surface area contributed by atoms with Gasteiger partial charge in [-0.05, 0) is 70.2 Å². The van der Waals surface area contributed by atoms with Crippen LogP contribution in [0.4, 0.5) is 0 Å². The summed E-state index contributed by atoms with van der Waals surface area (Å²) in [5.41, 5.74) is 1.03. The molecular formula is C27H38N2O5S. The van der Waals surface area contributed by atoms with E-state index >= 15 is 0 Å². The Hall–Kier alpha value is -1.84. The van der Waals surface area contributed by atoms with Gasteiger partial charge in [0.2, 0.25) is 0 Å². The molecular weight excluding hydrogens is 464 g/mol. The number of methoxy groups -OCH3 is 1. The maximum atomic E-state index is 13.3. The van der Waals surface area contributed by atoms with Crippen molar-refractivity contribution in [1.29, 1.82) is 0 Å². The van der Waals surface area contributed by atoms with Crippen molar-refractivity contribution in [2.75, 3.05) is 26.8 Å². The van der Waals surface area contributed by atoms with Crippen LogP contribution in [0.15, 0.2) is 36.4 Å². The first-order valence-corrected chi connectivity index (χ1v) is 13.5. The monoisotopic (exact) mass is 502 g/mol. The van der Waals surface area contributed by atoms with Crippen molar-refractivity contribution in [2.24, 2.45) is 5.92 Å². The number of rotatable bonds is 6. The van der Waals surface area contributed by atoms with Crippen molar-refractivity contribution in [1.82, 2.24) is 9.62 Å². The molecule has 0 spiro atoms. The third kappa shape index (κ3) is 5.78. The predicted octanol–water partition coefficient (Wildman–Crippen LogP) is 4.33. The number of fused-ring (bicyclic) bond motifs is 1. The van der Waals surface area contributed by atoms with Crippen LogP contribution >= 0.6 is 0 Å². The summed E-state index contributed by atoms with van der Waals surface area (Å²) in [6.45, 7) is 11.1. The Balaban J connectivity index is 1.60. The van der Waals surface area contributed by atoms with E-state index in [1.807, 2.05) is 57.7 Å². The molecule has 2 aromatic carbocycles. The van der Waals surface area contributed by atoms with E-state index in [0.717, 1.165) is 34.9 Å². The van der Waals surface area contributed by atoms with Gasteiger partial charge in [0.05, 0.1) is 19.8 Å². The van der Waals surface area contributed by atoms with Crippen LogP contribution in [0.5, 0.6) is 5.75 Å². The molecule has 0 aliphatic carbocycles. The van der Waals surface area contributed by atoms with E-state index in [2.05, 4.69) is 22.9 Å². The van der Waals surface area contributed by atoms with Crippen LogP contribution in [0, 0.1) is 5.92 Å². The van der Waals surface area contributed by atoms with Gasteiger partial charge in [-0.25, -0.2) is 0 Å². The molecule has 2 aromatic rings. The van der Waals surface area contributed by atoms with Gasteiger partial charge < -0.3 is 23.7 Å². The maximum Gasteiger partial charge on any atom is 0.254 e. The van der Waals surface area contributed by atoms with Gasteiger partial charge in [0.1, 0.15) is 10.5 Å². The third-order valence-electron chi connectivity index (χ3n) is 6.86. The standard InChI is InChI=1S/C27H38N2O5S/c1-26(2,3)35(31)28-24(23-20-10-8-7-9-18(20)11-12-21(23)32-6)19-13-15-29(16-14-19)25(30)22-17-33-27(4,5)34-22/h7-12,19,22,24,28H,13-17H2,1-6H3/t22-,24-,35+/m1/s1. The molecule has 2 fully saturated rings. The number of hydrogen-bond donors (Lipinski definition) is 1. The van der Waals surface area contributed by atoms with Crippen molar-refractivity contribution >= 4 is 28.0 Å². The first-order chi connectivity index (χ1) is 16.5. The van der Waals surface area contributed by atoms with Crippen molar-refractivity contribution in [3.8, 4) is 5.75 Å². The fourth-order valence-electron chi connectivity index (χ4n) is 4.92. The second-order valence-corrected chi connectivity index (χ2v) is 12.9. The summed E-state index contributed by atoms with van der Waals surface area (Å²) in [4.78, 5) is 14.9. The van der Waals surface area contributed by atoms with Gasteiger partial charge in [0, 0.05) is 30.0 Å². The number of likely N-dealkylation sites (tertiary alicyclic amines) is 1. The van der Waals surface area contributed by atoms with Gasteiger partial charge in [-0.2, -0.15) is 0 Å². The maximum absolute atomic E-state index is 13.3. The summed E-state index contributed by atoms with van der Waals surface area (Å²) >= 11 is -1.27. The fraction of sp³-hybridized carbons (Fsp3) is 0.593. The summed E-state index contributed by atoms with van der Waals surface area (Å²) in [6.07, 6.45) is 1.02. The van der Waals surface area contributed by atoms with Crippen LogP contribution in [0.2, 0.25) is 0 Å². The van der Waals surface area contributed by atoms with E-state index < -0.39 is 28.0 Å². The number of carbonyl (C=O) groups is 1. The molecule has 1 N–H and O–H groups in total. The first kappa shape index (κ1) is 26.2. The molecule has 0 bridgehead atoms. The minimum absolute atomic E-state index is 0.0143. The molecule has 2 aliphatic heterocycles. The summed E-state index contributed by atoms with van der Waals surface area (Å²) < 4.78 is 33.5. The Kier molecular flexibility index (Phi) is 7.69. The molecule has 2 saturated heterocycles. The topological polar surface area (TPSA) is 83.1 Å². The minimum Gasteiger partial charge on any atom is -0.598 e. The molecule has 0 aromatic heterocycles. The van der Waals surface area contributed by atoms with Gasteiger partial charge in [-0.1, -0.05) is 30.3 Å². The minimum atomic E-state index is -1.27. The Morgan fingerprint density at radius 2 is 1.89 bits per heavy atom. The smallest absolute Gasteiger partial charge is 0.254 e. The summed E-state index contributed by atoms with van der Waals surface area (Å²) in [5.74, 6) is 0.224. The molecule has 0 unspecified atom stereocenters. The Morgan fingerprint density at radius 1 is 1.20 bits per heavy atom. The Morgan fingerprint density at radius 3 is 2.49 bits per heavy atom. The zero-order chi connectivity index (χ0) is 25.4. The number of piperidine rings is 1. The van der Waals surface area contributed by atoms with E-state index in [1.54, 1.807) is 7.11 Å². The molecule has 8 heteroatoms. The van der Waals surface area contributed by atoms with Gasteiger partial charge in [0.25, 0.3) is 5.91 Å². The van der Waals surface area contributed by atoms with Crippen molar-refractivity contribution in [3.05, 3.63) is 42.0 Å². The summed E-state index contributed by atoms with van der Waals surface area (Å²) in [6, 6.07) is 12.1. The van der Waals surface area contributed by atoms with E-state index in [1.165, 1.54) is 0 Å². The number of benzene rings is 2. The second-order valence-electron chi connectivity index (χ2n) is 10.9. The molecule has 0 saturated carbocycles. The molecule has 1 amide bonds. The Labute approximate surface area is 211 Å². The highest BCUT2D eigenvalue weighted by Gasteiger charge is 2.42. The normalized spacial score (nSPS) is 22.8. The van der Waals surface area contributed by atoms with Crippen LogP contribution in [0.25, 0.3) is 10.8 Å². The number of amides is 1. The van der Waals surface area contributed by atoms with E-state index in [0.29, 0.717) is 13.1 Å². The number of nitrogens with one attached hydrogen (secondary N) is 1. The highest BCUT2D eigenvalue weighted by Crippen LogP contribution is 2.41. The van der Waals surface area contributed by atoms with Crippen LogP contribution in [0.1, 0.15) is 59.1 Å². The largest absolute Gasteiger partial charge is 0.598 e.